The van der Waals surface area contributed by atoms with Gasteiger partial charge < -0.3 is 20.3 Å². The number of aliphatic hydroxyl groups is 1. The van der Waals surface area contributed by atoms with Gasteiger partial charge in [0.25, 0.3) is 0 Å². The minimum absolute atomic E-state index is 0.199. The first kappa shape index (κ1) is 22.0. The van der Waals surface area contributed by atoms with Crippen molar-refractivity contribution in [2.45, 2.75) is 37.7 Å². The number of nitrogens with zero attached hydrogens (tertiary/aromatic N) is 1. The summed E-state index contributed by atoms with van der Waals surface area (Å²) in [5, 5.41) is 25.9. The Morgan fingerprint density at radius 1 is 1.06 bits per heavy atom. The minimum Gasteiger partial charge on any atom is -0.508 e. The van der Waals surface area contributed by atoms with Crippen molar-refractivity contribution < 1.29 is 14.9 Å². The number of piperidine rings is 1. The van der Waals surface area contributed by atoms with Gasteiger partial charge >= 0.3 is 0 Å². The minimum atomic E-state index is -0.692. The molecule has 0 spiro atoms. The number of benzene rings is 2. The van der Waals surface area contributed by atoms with Gasteiger partial charge in [-0.3, -0.25) is 0 Å². The lowest BCUT2D eigenvalue weighted by Crippen LogP contribution is -2.41. The summed E-state index contributed by atoms with van der Waals surface area (Å²) in [7, 11) is 0. The van der Waals surface area contributed by atoms with Crippen molar-refractivity contribution in [2.24, 2.45) is 0 Å². The number of aromatic nitrogens is 1. The molecule has 0 bridgehead atoms. The molecule has 1 aromatic heterocycles. The van der Waals surface area contributed by atoms with Crippen LogP contribution >= 0.6 is 11.6 Å². The van der Waals surface area contributed by atoms with Crippen LogP contribution in [0.3, 0.4) is 0 Å². The lowest BCUT2D eigenvalue weighted by Gasteiger charge is -2.33. The molecule has 5 rings (SSSR count). The number of halogens is 1. The van der Waals surface area contributed by atoms with Crippen LogP contribution in [-0.2, 0) is 6.42 Å². The quantitative estimate of drug-likeness (QED) is 0.471. The number of fused-ring (bicyclic) bond motifs is 2. The SMILES string of the molecule is Oc1cccc2c1CC(=C(CCC1(O)CCNCC1)c1ccc(Cl)cc1)c1cccnc1O2. The Kier molecular flexibility index (Phi) is 6.11. The van der Waals surface area contributed by atoms with Crippen LogP contribution < -0.4 is 10.1 Å². The molecule has 0 radical (unpaired) electrons. The van der Waals surface area contributed by atoms with Gasteiger partial charge in [0.05, 0.1) is 5.60 Å². The number of aromatic hydroxyl groups is 1. The van der Waals surface area contributed by atoms with E-state index >= 15 is 0 Å². The average Bonchev–Trinajstić information content (AvgIpc) is 2.99. The van der Waals surface area contributed by atoms with E-state index in [2.05, 4.69) is 10.3 Å². The van der Waals surface area contributed by atoms with Crippen molar-refractivity contribution in [3.05, 3.63) is 82.5 Å². The highest BCUT2D eigenvalue weighted by atomic mass is 35.5. The second-order valence-corrected chi connectivity index (χ2v) is 9.26. The fourth-order valence-corrected chi connectivity index (χ4v) is 4.92. The molecule has 0 aliphatic carbocycles. The van der Waals surface area contributed by atoms with Gasteiger partial charge in [0.2, 0.25) is 5.88 Å². The van der Waals surface area contributed by atoms with Crippen molar-refractivity contribution in [2.75, 3.05) is 13.1 Å². The summed E-state index contributed by atoms with van der Waals surface area (Å²) in [5.74, 6) is 1.33. The smallest absolute Gasteiger partial charge is 0.226 e. The zero-order valence-corrected chi connectivity index (χ0v) is 19.1. The summed E-state index contributed by atoms with van der Waals surface area (Å²) in [4.78, 5) is 4.50. The van der Waals surface area contributed by atoms with Crippen LogP contribution in [0.5, 0.6) is 17.4 Å². The van der Waals surface area contributed by atoms with E-state index in [-0.39, 0.29) is 5.75 Å². The molecule has 5 nitrogen and oxygen atoms in total. The topological polar surface area (TPSA) is 74.6 Å². The maximum Gasteiger partial charge on any atom is 0.226 e. The predicted octanol–water partition coefficient (Wildman–Crippen LogP) is 5.59. The van der Waals surface area contributed by atoms with Crippen LogP contribution in [0.15, 0.2) is 60.8 Å². The summed E-state index contributed by atoms with van der Waals surface area (Å²) in [6, 6.07) is 17.0. The summed E-state index contributed by atoms with van der Waals surface area (Å²) in [6.45, 7) is 1.65. The maximum atomic E-state index is 11.2. The summed E-state index contributed by atoms with van der Waals surface area (Å²) >= 11 is 6.19. The van der Waals surface area contributed by atoms with Gasteiger partial charge in [0.1, 0.15) is 11.5 Å². The van der Waals surface area contributed by atoms with Crippen LogP contribution in [0.2, 0.25) is 5.02 Å². The second kappa shape index (κ2) is 9.18. The number of phenols is 1. The lowest BCUT2D eigenvalue weighted by molar-refractivity contribution is 0.00392. The first-order valence-corrected chi connectivity index (χ1v) is 11.8. The van der Waals surface area contributed by atoms with Crippen molar-refractivity contribution in [3.8, 4) is 17.4 Å². The molecular weight excluding hydrogens is 436 g/mol. The summed E-state index contributed by atoms with van der Waals surface area (Å²) < 4.78 is 6.15. The Morgan fingerprint density at radius 3 is 2.64 bits per heavy atom. The first-order valence-electron chi connectivity index (χ1n) is 11.4. The van der Waals surface area contributed by atoms with Crippen LogP contribution in [0.4, 0.5) is 0 Å². The zero-order valence-electron chi connectivity index (χ0n) is 18.4. The molecule has 2 aliphatic heterocycles. The summed E-state index contributed by atoms with van der Waals surface area (Å²) in [5.41, 5.74) is 4.13. The molecular formula is C27H27ClN2O3. The normalized spacial score (nSPS) is 18.5. The molecule has 2 aromatic carbocycles. The van der Waals surface area contributed by atoms with Crippen molar-refractivity contribution in [3.63, 3.8) is 0 Å². The van der Waals surface area contributed by atoms with Gasteiger partial charge in [-0.25, -0.2) is 4.98 Å². The van der Waals surface area contributed by atoms with E-state index in [9.17, 15) is 10.2 Å². The maximum absolute atomic E-state index is 11.2. The Labute approximate surface area is 198 Å². The average molecular weight is 463 g/mol. The number of nitrogens with one attached hydrogen (secondary N) is 1. The van der Waals surface area contributed by atoms with Gasteiger partial charge in [0, 0.05) is 28.8 Å². The summed E-state index contributed by atoms with van der Waals surface area (Å²) in [6.07, 6.45) is 5.02. The molecule has 1 saturated heterocycles. The fraction of sp³-hybridized carbons (Fsp3) is 0.296. The third kappa shape index (κ3) is 4.62. The number of allylic oxidation sites excluding steroid dienone is 2. The number of phenolic OH excluding ortho intramolecular Hbond substituents is 1. The number of hydrogen-bond donors (Lipinski definition) is 3. The highest BCUT2D eigenvalue weighted by Crippen LogP contribution is 2.45. The van der Waals surface area contributed by atoms with E-state index in [0.717, 1.165) is 53.8 Å². The van der Waals surface area contributed by atoms with Crippen molar-refractivity contribution in [1.29, 1.82) is 0 Å². The molecule has 170 valence electrons. The number of rotatable bonds is 4. The number of ether oxygens (including phenoxy) is 1. The van der Waals surface area contributed by atoms with Crippen LogP contribution in [0.1, 0.15) is 42.4 Å². The molecule has 1 fully saturated rings. The van der Waals surface area contributed by atoms with Gasteiger partial charge in [-0.1, -0.05) is 29.8 Å². The Balaban J connectivity index is 1.66. The van der Waals surface area contributed by atoms with Gasteiger partial charge in [-0.15, -0.1) is 0 Å². The number of pyridine rings is 1. The highest BCUT2D eigenvalue weighted by molar-refractivity contribution is 6.30. The molecule has 3 N–H and O–H groups in total. The van der Waals surface area contributed by atoms with Crippen molar-refractivity contribution >= 4 is 22.7 Å². The predicted molar refractivity (Wildman–Crippen MR) is 131 cm³/mol. The molecule has 0 atom stereocenters. The van der Waals surface area contributed by atoms with Crippen LogP contribution in [-0.4, -0.2) is 33.9 Å². The van der Waals surface area contributed by atoms with Crippen LogP contribution in [0.25, 0.3) is 11.1 Å². The standard InChI is InChI=1S/C27H27ClN2O3/c28-19-8-6-18(7-9-19)20(10-11-27(32)12-15-29-16-13-27)22-17-23-24(31)4-1-5-25(23)33-26-21(22)3-2-14-30-26/h1-9,14,29,31-32H,10-13,15-17H2. The monoisotopic (exact) mass is 462 g/mol. The van der Waals surface area contributed by atoms with Gasteiger partial charge in [-0.05, 0) is 91.9 Å². The molecule has 6 heteroatoms. The molecule has 33 heavy (non-hydrogen) atoms. The molecule has 3 heterocycles. The third-order valence-electron chi connectivity index (χ3n) is 6.70. The van der Waals surface area contributed by atoms with E-state index in [4.69, 9.17) is 16.3 Å². The third-order valence-corrected chi connectivity index (χ3v) is 6.95. The molecule has 0 unspecified atom stereocenters. The lowest BCUT2D eigenvalue weighted by atomic mass is 9.82. The molecule has 2 aliphatic rings. The van der Waals surface area contributed by atoms with Crippen LogP contribution in [0, 0.1) is 0 Å². The van der Waals surface area contributed by atoms with Gasteiger partial charge in [-0.2, -0.15) is 0 Å². The molecule has 3 aromatic rings. The fourth-order valence-electron chi connectivity index (χ4n) is 4.79. The molecule has 0 amide bonds. The first-order chi connectivity index (χ1) is 16.0. The van der Waals surface area contributed by atoms with E-state index in [0.29, 0.717) is 35.9 Å². The second-order valence-electron chi connectivity index (χ2n) is 8.83. The Hall–Kier alpha value is -2.86. The Morgan fingerprint density at radius 2 is 1.85 bits per heavy atom. The van der Waals surface area contributed by atoms with E-state index in [1.54, 1.807) is 18.3 Å². The number of hydrogen-bond acceptors (Lipinski definition) is 5. The van der Waals surface area contributed by atoms with Crippen molar-refractivity contribution in [1.82, 2.24) is 10.3 Å². The van der Waals surface area contributed by atoms with E-state index < -0.39 is 5.60 Å². The largest absolute Gasteiger partial charge is 0.508 e. The molecule has 0 saturated carbocycles. The van der Waals surface area contributed by atoms with E-state index in [1.807, 2.05) is 42.5 Å². The Bertz CT molecular complexity index is 1180. The van der Waals surface area contributed by atoms with E-state index in [1.165, 1.54) is 0 Å². The highest BCUT2D eigenvalue weighted by Gasteiger charge is 2.31. The zero-order chi connectivity index (χ0) is 22.8. The van der Waals surface area contributed by atoms with Gasteiger partial charge in [0.15, 0.2) is 0 Å².